The van der Waals surface area contributed by atoms with E-state index in [1.807, 2.05) is 36.2 Å². The molecule has 2 aromatic rings. The van der Waals surface area contributed by atoms with Gasteiger partial charge in [0.15, 0.2) is 5.13 Å². The molecule has 0 amide bonds. The van der Waals surface area contributed by atoms with E-state index in [2.05, 4.69) is 4.98 Å². The molecule has 0 bridgehead atoms. The van der Waals surface area contributed by atoms with Crippen molar-refractivity contribution < 1.29 is 14.6 Å². The molecule has 0 saturated carbocycles. The normalized spacial score (nSPS) is 10.3. The van der Waals surface area contributed by atoms with Gasteiger partial charge in [0, 0.05) is 18.8 Å². The topological polar surface area (TPSA) is 62.7 Å². The van der Waals surface area contributed by atoms with Crippen LogP contribution in [0.25, 0.3) is 0 Å². The molecule has 2 rings (SSSR count). The summed E-state index contributed by atoms with van der Waals surface area (Å²) in [6, 6.07) is 7.52. The summed E-state index contributed by atoms with van der Waals surface area (Å²) in [6.45, 7) is 1.70. The maximum atomic E-state index is 11.0. The van der Waals surface area contributed by atoms with Crippen LogP contribution in [0.15, 0.2) is 24.3 Å². The van der Waals surface area contributed by atoms with Crippen LogP contribution >= 0.6 is 11.3 Å². The summed E-state index contributed by atoms with van der Waals surface area (Å²) >= 11 is 1.16. The van der Waals surface area contributed by atoms with Crippen LogP contribution in [-0.2, 0) is 0 Å². The van der Waals surface area contributed by atoms with Crippen LogP contribution in [-0.4, -0.2) is 30.2 Å². The summed E-state index contributed by atoms with van der Waals surface area (Å²) in [5, 5.41) is 9.69. The number of benzene rings is 1. The van der Waals surface area contributed by atoms with E-state index in [0.717, 1.165) is 22.8 Å². The maximum absolute atomic E-state index is 11.0. The zero-order valence-electron chi connectivity index (χ0n) is 10.9. The third kappa shape index (κ3) is 2.68. The summed E-state index contributed by atoms with van der Waals surface area (Å²) in [6.07, 6.45) is 0. The summed E-state index contributed by atoms with van der Waals surface area (Å²) < 4.78 is 5.17. The number of aromatic carboxylic acids is 1. The number of rotatable bonds is 4. The Labute approximate surface area is 115 Å². The van der Waals surface area contributed by atoms with E-state index in [1.54, 1.807) is 14.0 Å². The number of nitrogens with zero attached hydrogens (tertiary/aromatic N) is 2. The smallest absolute Gasteiger partial charge is 0.347 e. The van der Waals surface area contributed by atoms with Crippen molar-refractivity contribution in [1.82, 2.24) is 4.98 Å². The lowest BCUT2D eigenvalue weighted by Gasteiger charge is -2.16. The Morgan fingerprint density at radius 2 is 2.21 bits per heavy atom. The van der Waals surface area contributed by atoms with E-state index in [1.165, 1.54) is 0 Å². The predicted molar refractivity (Wildman–Crippen MR) is 74.9 cm³/mol. The molecule has 100 valence electrons. The molecule has 1 aromatic heterocycles. The van der Waals surface area contributed by atoms with Crippen LogP contribution in [0, 0.1) is 6.92 Å². The molecule has 0 unspecified atom stereocenters. The molecule has 0 atom stereocenters. The van der Waals surface area contributed by atoms with Gasteiger partial charge in [-0.05, 0) is 19.1 Å². The molecule has 0 saturated heterocycles. The molecule has 1 N–H and O–H groups in total. The number of hydrogen-bond donors (Lipinski definition) is 1. The number of aromatic nitrogens is 1. The fourth-order valence-electron chi connectivity index (χ4n) is 1.65. The van der Waals surface area contributed by atoms with E-state index in [4.69, 9.17) is 9.84 Å². The van der Waals surface area contributed by atoms with Crippen LogP contribution in [0.5, 0.6) is 5.75 Å². The quantitative estimate of drug-likeness (QED) is 0.931. The monoisotopic (exact) mass is 278 g/mol. The van der Waals surface area contributed by atoms with Gasteiger partial charge in [-0.15, -0.1) is 0 Å². The van der Waals surface area contributed by atoms with Crippen molar-refractivity contribution >= 4 is 28.1 Å². The Morgan fingerprint density at radius 3 is 2.79 bits per heavy atom. The van der Waals surface area contributed by atoms with Gasteiger partial charge >= 0.3 is 5.97 Å². The molecular weight excluding hydrogens is 264 g/mol. The largest absolute Gasteiger partial charge is 0.497 e. The highest BCUT2D eigenvalue weighted by atomic mass is 32.1. The van der Waals surface area contributed by atoms with Crippen LogP contribution in [0.1, 0.15) is 15.4 Å². The zero-order valence-corrected chi connectivity index (χ0v) is 11.7. The first kappa shape index (κ1) is 13.4. The van der Waals surface area contributed by atoms with Crippen LogP contribution < -0.4 is 9.64 Å². The summed E-state index contributed by atoms with van der Waals surface area (Å²) in [4.78, 5) is 17.4. The van der Waals surface area contributed by atoms with Crippen molar-refractivity contribution in [3.05, 3.63) is 34.8 Å². The number of methoxy groups -OCH3 is 1. The number of carboxylic acid groups (broad SMARTS) is 1. The molecule has 5 nitrogen and oxygen atoms in total. The molecule has 19 heavy (non-hydrogen) atoms. The van der Waals surface area contributed by atoms with Gasteiger partial charge in [-0.25, -0.2) is 9.78 Å². The minimum atomic E-state index is -0.944. The lowest BCUT2D eigenvalue weighted by atomic mass is 10.3. The Balaban J connectivity index is 2.35. The number of ether oxygens (including phenoxy) is 1. The Kier molecular flexibility index (Phi) is 3.71. The number of aryl methyl sites for hydroxylation is 1. The van der Waals surface area contributed by atoms with Gasteiger partial charge < -0.3 is 14.7 Å². The molecular formula is C13H14N2O3S. The van der Waals surface area contributed by atoms with Crippen molar-refractivity contribution in [3.63, 3.8) is 0 Å². The zero-order chi connectivity index (χ0) is 14.0. The average molecular weight is 278 g/mol. The Bertz CT molecular complexity index is 610. The van der Waals surface area contributed by atoms with Gasteiger partial charge in [0.2, 0.25) is 0 Å². The van der Waals surface area contributed by atoms with Crippen molar-refractivity contribution in [2.45, 2.75) is 6.92 Å². The first-order valence-electron chi connectivity index (χ1n) is 5.61. The van der Waals surface area contributed by atoms with Crippen LogP contribution in [0.2, 0.25) is 0 Å². The van der Waals surface area contributed by atoms with E-state index in [0.29, 0.717) is 10.8 Å². The second-order valence-electron chi connectivity index (χ2n) is 3.98. The fraction of sp³-hybridized carbons (Fsp3) is 0.231. The van der Waals surface area contributed by atoms with Crippen molar-refractivity contribution in [1.29, 1.82) is 0 Å². The van der Waals surface area contributed by atoms with Gasteiger partial charge in [-0.2, -0.15) is 0 Å². The molecule has 0 spiro atoms. The average Bonchev–Trinajstić information content (AvgIpc) is 2.80. The van der Waals surface area contributed by atoms with Crippen molar-refractivity contribution in [3.8, 4) is 5.75 Å². The van der Waals surface area contributed by atoms with Crippen LogP contribution in [0.4, 0.5) is 10.8 Å². The van der Waals surface area contributed by atoms with Crippen molar-refractivity contribution in [2.24, 2.45) is 0 Å². The van der Waals surface area contributed by atoms with Gasteiger partial charge in [-0.3, -0.25) is 0 Å². The molecule has 6 heteroatoms. The van der Waals surface area contributed by atoms with E-state index < -0.39 is 5.97 Å². The first-order valence-corrected chi connectivity index (χ1v) is 6.43. The van der Waals surface area contributed by atoms with Crippen molar-refractivity contribution in [2.75, 3.05) is 19.1 Å². The second kappa shape index (κ2) is 5.27. The number of carbonyl (C=O) groups is 1. The SMILES string of the molecule is COc1cccc(N(C)c2nc(C)c(C(=O)O)s2)c1. The first-order chi connectivity index (χ1) is 9.02. The molecule has 0 aliphatic rings. The second-order valence-corrected chi connectivity index (χ2v) is 4.95. The fourth-order valence-corrected chi connectivity index (χ4v) is 2.54. The van der Waals surface area contributed by atoms with Crippen LogP contribution in [0.3, 0.4) is 0 Å². The number of thiazole rings is 1. The molecule has 0 aliphatic carbocycles. The molecule has 0 fully saturated rings. The summed E-state index contributed by atoms with van der Waals surface area (Å²) in [7, 11) is 3.45. The van der Waals surface area contributed by atoms with Gasteiger partial charge in [0.05, 0.1) is 12.8 Å². The van der Waals surface area contributed by atoms with E-state index in [9.17, 15) is 4.79 Å². The number of hydrogen-bond acceptors (Lipinski definition) is 5. The minimum Gasteiger partial charge on any atom is -0.497 e. The highest BCUT2D eigenvalue weighted by molar-refractivity contribution is 7.17. The predicted octanol–water partition coefficient (Wildman–Crippen LogP) is 2.93. The summed E-state index contributed by atoms with van der Waals surface area (Å²) in [5.41, 5.74) is 1.42. The third-order valence-electron chi connectivity index (χ3n) is 2.71. The lowest BCUT2D eigenvalue weighted by Crippen LogP contribution is -2.08. The van der Waals surface area contributed by atoms with E-state index >= 15 is 0 Å². The van der Waals surface area contributed by atoms with Gasteiger partial charge in [-0.1, -0.05) is 17.4 Å². The maximum Gasteiger partial charge on any atom is 0.347 e. The molecule has 0 aliphatic heterocycles. The van der Waals surface area contributed by atoms with Gasteiger partial charge in [0.1, 0.15) is 10.6 Å². The number of anilines is 2. The third-order valence-corrected chi connectivity index (χ3v) is 3.93. The minimum absolute atomic E-state index is 0.268. The molecule has 0 radical (unpaired) electrons. The molecule has 1 heterocycles. The summed E-state index contributed by atoms with van der Waals surface area (Å²) in [5.74, 6) is -0.198. The van der Waals surface area contributed by atoms with Gasteiger partial charge in [0.25, 0.3) is 0 Å². The highest BCUT2D eigenvalue weighted by Gasteiger charge is 2.17. The standard InChI is InChI=1S/C13H14N2O3S/c1-8-11(12(16)17)19-13(14-8)15(2)9-5-4-6-10(7-9)18-3/h4-7H,1-3H3,(H,16,17). The molecule has 1 aromatic carbocycles. The van der Waals surface area contributed by atoms with E-state index in [-0.39, 0.29) is 4.88 Å². The Hall–Kier alpha value is -2.08. The highest BCUT2D eigenvalue weighted by Crippen LogP contribution is 2.31. The Morgan fingerprint density at radius 1 is 1.47 bits per heavy atom. The number of carboxylic acids is 1. The lowest BCUT2D eigenvalue weighted by molar-refractivity contribution is 0.0701.